The van der Waals surface area contributed by atoms with E-state index in [-0.39, 0.29) is 5.82 Å². The van der Waals surface area contributed by atoms with Crippen molar-refractivity contribution >= 4 is 5.82 Å². The Hall–Kier alpha value is -1.56. The molecular formula is C10H11FN2. The van der Waals surface area contributed by atoms with Gasteiger partial charge in [0, 0.05) is 13.0 Å². The molecule has 0 amide bonds. The van der Waals surface area contributed by atoms with Crippen LogP contribution < -0.4 is 5.32 Å². The lowest BCUT2D eigenvalue weighted by Gasteiger charge is -2.02. The fourth-order valence-electron chi connectivity index (χ4n) is 0.887. The lowest BCUT2D eigenvalue weighted by molar-refractivity contribution is 0.621. The Morgan fingerprint density at radius 1 is 1.54 bits per heavy atom. The first kappa shape index (κ1) is 9.53. The van der Waals surface area contributed by atoms with Crippen molar-refractivity contribution in [1.82, 2.24) is 4.98 Å². The van der Waals surface area contributed by atoms with Crippen LogP contribution in [0.5, 0.6) is 0 Å². The zero-order valence-corrected chi connectivity index (χ0v) is 7.26. The van der Waals surface area contributed by atoms with Gasteiger partial charge in [-0.2, -0.15) is 0 Å². The first-order chi connectivity index (χ1) is 6.33. The number of rotatable bonds is 4. The van der Waals surface area contributed by atoms with Gasteiger partial charge >= 0.3 is 0 Å². The van der Waals surface area contributed by atoms with Crippen LogP contribution in [0.3, 0.4) is 0 Å². The van der Waals surface area contributed by atoms with Gasteiger partial charge in [-0.1, -0.05) is 0 Å². The summed E-state index contributed by atoms with van der Waals surface area (Å²) in [4.78, 5) is 3.84. The molecule has 1 aromatic rings. The van der Waals surface area contributed by atoms with E-state index in [0.717, 1.165) is 19.4 Å². The third-order valence-corrected chi connectivity index (χ3v) is 1.53. The maximum Gasteiger partial charge on any atom is 0.141 e. The van der Waals surface area contributed by atoms with Crippen LogP contribution in [0.25, 0.3) is 0 Å². The van der Waals surface area contributed by atoms with Crippen molar-refractivity contribution in [1.29, 1.82) is 0 Å². The summed E-state index contributed by atoms with van der Waals surface area (Å²) in [6.07, 6.45) is 7.91. The van der Waals surface area contributed by atoms with Gasteiger partial charge in [-0.05, 0) is 18.6 Å². The van der Waals surface area contributed by atoms with Crippen molar-refractivity contribution in [2.24, 2.45) is 0 Å². The Bertz CT molecular complexity index is 287. The van der Waals surface area contributed by atoms with E-state index in [1.807, 2.05) is 0 Å². The Labute approximate surface area is 77.2 Å². The van der Waals surface area contributed by atoms with E-state index in [9.17, 15) is 4.39 Å². The predicted octanol–water partition coefficient (Wildman–Crippen LogP) is 2.05. The summed E-state index contributed by atoms with van der Waals surface area (Å²) < 4.78 is 12.4. The molecule has 3 heteroatoms. The number of aromatic nitrogens is 1. The molecule has 2 nitrogen and oxygen atoms in total. The van der Waals surface area contributed by atoms with E-state index < -0.39 is 0 Å². The molecule has 0 spiro atoms. The zero-order chi connectivity index (χ0) is 9.52. The molecule has 0 fully saturated rings. The molecule has 0 atom stereocenters. The molecule has 0 aliphatic rings. The molecule has 0 aliphatic heterocycles. The SMILES string of the molecule is C#CCCCNc1ccc(F)cn1. The second-order valence-electron chi connectivity index (χ2n) is 2.60. The van der Waals surface area contributed by atoms with Crippen LogP contribution in [-0.2, 0) is 0 Å². The smallest absolute Gasteiger partial charge is 0.141 e. The number of nitrogens with zero attached hydrogens (tertiary/aromatic N) is 1. The first-order valence-electron chi connectivity index (χ1n) is 4.12. The summed E-state index contributed by atoms with van der Waals surface area (Å²) in [5.74, 6) is 2.90. The summed E-state index contributed by atoms with van der Waals surface area (Å²) in [6, 6.07) is 2.97. The number of unbranched alkanes of at least 4 members (excludes halogenated alkanes) is 1. The Morgan fingerprint density at radius 2 is 2.38 bits per heavy atom. The van der Waals surface area contributed by atoms with Crippen molar-refractivity contribution in [3.05, 3.63) is 24.1 Å². The highest BCUT2D eigenvalue weighted by Gasteiger charge is 1.92. The second-order valence-corrected chi connectivity index (χ2v) is 2.60. The van der Waals surface area contributed by atoms with Gasteiger partial charge in [0.15, 0.2) is 0 Å². The topological polar surface area (TPSA) is 24.9 Å². The zero-order valence-electron chi connectivity index (χ0n) is 7.26. The lowest BCUT2D eigenvalue weighted by Crippen LogP contribution is -2.02. The number of hydrogen-bond acceptors (Lipinski definition) is 2. The molecule has 0 bridgehead atoms. The van der Waals surface area contributed by atoms with E-state index in [0.29, 0.717) is 5.82 Å². The van der Waals surface area contributed by atoms with Gasteiger partial charge in [-0.25, -0.2) is 9.37 Å². The van der Waals surface area contributed by atoms with E-state index in [1.165, 1.54) is 12.3 Å². The highest BCUT2D eigenvalue weighted by atomic mass is 19.1. The predicted molar refractivity (Wildman–Crippen MR) is 50.8 cm³/mol. The number of anilines is 1. The van der Waals surface area contributed by atoms with E-state index in [1.54, 1.807) is 6.07 Å². The summed E-state index contributed by atoms with van der Waals surface area (Å²) in [5, 5.41) is 3.03. The number of pyridine rings is 1. The van der Waals surface area contributed by atoms with Crippen LogP contribution in [0, 0.1) is 18.2 Å². The molecule has 1 N–H and O–H groups in total. The van der Waals surface area contributed by atoms with Crippen LogP contribution in [0.15, 0.2) is 18.3 Å². The summed E-state index contributed by atoms with van der Waals surface area (Å²) in [7, 11) is 0. The van der Waals surface area contributed by atoms with Gasteiger partial charge in [0.25, 0.3) is 0 Å². The standard InChI is InChI=1S/C10H11FN2/c1-2-3-4-7-12-10-6-5-9(11)8-13-10/h1,5-6,8H,3-4,7H2,(H,12,13). The highest BCUT2D eigenvalue weighted by molar-refractivity contribution is 5.33. The quantitative estimate of drug-likeness (QED) is 0.563. The lowest BCUT2D eigenvalue weighted by atomic mass is 10.3. The molecule has 0 aromatic carbocycles. The molecule has 0 saturated carbocycles. The fraction of sp³-hybridized carbons (Fsp3) is 0.300. The second kappa shape index (κ2) is 5.15. The number of hydrogen-bond donors (Lipinski definition) is 1. The maximum atomic E-state index is 12.4. The Morgan fingerprint density at radius 3 is 3.00 bits per heavy atom. The molecule has 1 heterocycles. The fourth-order valence-corrected chi connectivity index (χ4v) is 0.887. The Kier molecular flexibility index (Phi) is 3.77. The van der Waals surface area contributed by atoms with E-state index >= 15 is 0 Å². The maximum absolute atomic E-state index is 12.4. The molecule has 13 heavy (non-hydrogen) atoms. The minimum absolute atomic E-state index is 0.325. The van der Waals surface area contributed by atoms with Gasteiger partial charge in [-0.15, -0.1) is 12.3 Å². The number of halogens is 1. The third-order valence-electron chi connectivity index (χ3n) is 1.53. The number of nitrogens with one attached hydrogen (secondary N) is 1. The minimum Gasteiger partial charge on any atom is -0.370 e. The van der Waals surface area contributed by atoms with Gasteiger partial charge in [-0.3, -0.25) is 0 Å². The van der Waals surface area contributed by atoms with Crippen molar-refractivity contribution in [2.45, 2.75) is 12.8 Å². The summed E-state index contributed by atoms with van der Waals surface area (Å²) in [6.45, 7) is 0.767. The van der Waals surface area contributed by atoms with E-state index in [4.69, 9.17) is 6.42 Å². The third kappa shape index (κ3) is 3.57. The van der Waals surface area contributed by atoms with Crippen LogP contribution in [0.1, 0.15) is 12.8 Å². The van der Waals surface area contributed by atoms with Crippen molar-refractivity contribution < 1.29 is 4.39 Å². The minimum atomic E-state index is -0.325. The van der Waals surface area contributed by atoms with Gasteiger partial charge in [0.2, 0.25) is 0 Å². The molecule has 1 rings (SSSR count). The summed E-state index contributed by atoms with van der Waals surface area (Å²) >= 11 is 0. The molecule has 0 radical (unpaired) electrons. The molecular weight excluding hydrogens is 167 g/mol. The van der Waals surface area contributed by atoms with Gasteiger partial charge < -0.3 is 5.32 Å². The van der Waals surface area contributed by atoms with Crippen molar-refractivity contribution in [3.8, 4) is 12.3 Å². The number of terminal acetylenes is 1. The molecule has 0 unspecified atom stereocenters. The Balaban J connectivity index is 2.30. The van der Waals surface area contributed by atoms with Crippen LogP contribution in [-0.4, -0.2) is 11.5 Å². The van der Waals surface area contributed by atoms with Crippen LogP contribution in [0.4, 0.5) is 10.2 Å². The molecule has 68 valence electrons. The van der Waals surface area contributed by atoms with Gasteiger partial charge in [0.05, 0.1) is 6.20 Å². The van der Waals surface area contributed by atoms with Gasteiger partial charge in [0.1, 0.15) is 11.6 Å². The highest BCUT2D eigenvalue weighted by Crippen LogP contribution is 2.03. The molecule has 0 aliphatic carbocycles. The van der Waals surface area contributed by atoms with Crippen LogP contribution >= 0.6 is 0 Å². The normalized spacial score (nSPS) is 9.23. The average molecular weight is 178 g/mol. The monoisotopic (exact) mass is 178 g/mol. The van der Waals surface area contributed by atoms with Crippen molar-refractivity contribution in [3.63, 3.8) is 0 Å². The van der Waals surface area contributed by atoms with Crippen molar-refractivity contribution in [2.75, 3.05) is 11.9 Å². The van der Waals surface area contributed by atoms with E-state index in [2.05, 4.69) is 16.2 Å². The summed E-state index contributed by atoms with van der Waals surface area (Å²) in [5.41, 5.74) is 0. The molecule has 0 saturated heterocycles. The molecule has 1 aromatic heterocycles. The largest absolute Gasteiger partial charge is 0.370 e. The first-order valence-corrected chi connectivity index (χ1v) is 4.12. The average Bonchev–Trinajstić information content (AvgIpc) is 2.15. The van der Waals surface area contributed by atoms with Crippen LogP contribution in [0.2, 0.25) is 0 Å².